The average molecular weight is 297 g/mol. The summed E-state index contributed by atoms with van der Waals surface area (Å²) >= 11 is 5.20. The van der Waals surface area contributed by atoms with E-state index in [1.165, 1.54) is 16.7 Å². The van der Waals surface area contributed by atoms with Crippen molar-refractivity contribution in [3.05, 3.63) is 64.7 Å². The molecular formula is C17H19N3S. The van der Waals surface area contributed by atoms with Gasteiger partial charge in [-0.3, -0.25) is 5.43 Å². The first-order chi connectivity index (χ1) is 10.0. The van der Waals surface area contributed by atoms with Crippen LogP contribution in [0.2, 0.25) is 0 Å². The maximum Gasteiger partial charge on any atom is 0.191 e. The van der Waals surface area contributed by atoms with Crippen LogP contribution in [0.5, 0.6) is 0 Å². The van der Waals surface area contributed by atoms with Gasteiger partial charge in [0, 0.05) is 5.69 Å². The quantitative estimate of drug-likeness (QED) is 0.512. The summed E-state index contributed by atoms with van der Waals surface area (Å²) in [7, 11) is 0. The minimum Gasteiger partial charge on any atom is -0.331 e. The average Bonchev–Trinajstić information content (AvgIpc) is 2.44. The van der Waals surface area contributed by atoms with E-state index in [9.17, 15) is 0 Å². The topological polar surface area (TPSA) is 36.4 Å². The van der Waals surface area contributed by atoms with Crippen LogP contribution in [0.15, 0.2) is 47.6 Å². The number of nitrogens with one attached hydrogen (secondary N) is 2. The van der Waals surface area contributed by atoms with Gasteiger partial charge in [0.1, 0.15) is 0 Å². The van der Waals surface area contributed by atoms with Gasteiger partial charge in [0.05, 0.1) is 6.21 Å². The lowest BCUT2D eigenvalue weighted by Gasteiger charge is -2.07. The lowest BCUT2D eigenvalue weighted by atomic mass is 10.1. The van der Waals surface area contributed by atoms with Crippen molar-refractivity contribution in [3.63, 3.8) is 0 Å². The summed E-state index contributed by atoms with van der Waals surface area (Å²) in [6.07, 6.45) is 1.78. The van der Waals surface area contributed by atoms with Crippen LogP contribution in [0, 0.1) is 20.8 Å². The van der Waals surface area contributed by atoms with Crippen LogP contribution in [-0.4, -0.2) is 11.3 Å². The van der Waals surface area contributed by atoms with E-state index in [0.29, 0.717) is 5.11 Å². The number of hydrogen-bond acceptors (Lipinski definition) is 2. The van der Waals surface area contributed by atoms with Crippen molar-refractivity contribution in [2.24, 2.45) is 5.10 Å². The van der Waals surface area contributed by atoms with Gasteiger partial charge in [-0.1, -0.05) is 41.5 Å². The molecule has 2 N–H and O–H groups in total. The number of benzene rings is 2. The van der Waals surface area contributed by atoms with Gasteiger partial charge in [-0.25, -0.2) is 0 Å². The summed E-state index contributed by atoms with van der Waals surface area (Å²) in [5, 5.41) is 7.72. The first-order valence-corrected chi connectivity index (χ1v) is 7.19. The number of nitrogens with zero attached hydrogens (tertiary/aromatic N) is 1. The number of anilines is 1. The van der Waals surface area contributed by atoms with Crippen molar-refractivity contribution in [2.45, 2.75) is 20.8 Å². The molecule has 21 heavy (non-hydrogen) atoms. The van der Waals surface area contributed by atoms with E-state index in [2.05, 4.69) is 48.7 Å². The first kappa shape index (κ1) is 15.2. The molecule has 0 amide bonds. The number of thiocarbonyl (C=S) groups is 1. The molecule has 0 aliphatic rings. The van der Waals surface area contributed by atoms with Crippen LogP contribution >= 0.6 is 12.2 Å². The van der Waals surface area contributed by atoms with E-state index in [1.54, 1.807) is 6.21 Å². The molecule has 0 saturated carbocycles. The van der Waals surface area contributed by atoms with Crippen LogP contribution in [0.3, 0.4) is 0 Å². The van der Waals surface area contributed by atoms with Crippen LogP contribution in [0.1, 0.15) is 22.3 Å². The second-order valence-corrected chi connectivity index (χ2v) is 5.46. The Labute approximate surface area is 131 Å². The summed E-state index contributed by atoms with van der Waals surface area (Å²) in [5.41, 5.74) is 8.50. The third kappa shape index (κ3) is 4.68. The highest BCUT2D eigenvalue weighted by atomic mass is 32.1. The zero-order valence-electron chi connectivity index (χ0n) is 12.5. The van der Waals surface area contributed by atoms with Crippen LogP contribution in [0.4, 0.5) is 5.69 Å². The van der Waals surface area contributed by atoms with Crippen LogP contribution in [0.25, 0.3) is 0 Å². The molecule has 0 saturated heterocycles. The molecule has 108 valence electrons. The Morgan fingerprint density at radius 3 is 2.33 bits per heavy atom. The second kappa shape index (κ2) is 6.99. The van der Waals surface area contributed by atoms with E-state index in [4.69, 9.17) is 12.2 Å². The summed E-state index contributed by atoms with van der Waals surface area (Å²) in [5.74, 6) is 0. The van der Waals surface area contributed by atoms with Gasteiger partial charge in [0.15, 0.2) is 5.11 Å². The van der Waals surface area contributed by atoms with E-state index in [0.717, 1.165) is 11.3 Å². The first-order valence-electron chi connectivity index (χ1n) is 6.78. The molecule has 2 rings (SSSR count). The molecule has 0 aliphatic heterocycles. The summed E-state index contributed by atoms with van der Waals surface area (Å²) in [6, 6.07) is 14.3. The molecule has 4 heteroatoms. The van der Waals surface area contributed by atoms with Gasteiger partial charge in [-0.15, -0.1) is 0 Å². The van der Waals surface area contributed by atoms with Crippen LogP contribution in [-0.2, 0) is 0 Å². The van der Waals surface area contributed by atoms with Gasteiger partial charge >= 0.3 is 0 Å². The molecule has 0 spiro atoms. The van der Waals surface area contributed by atoms with Crippen molar-refractivity contribution in [2.75, 3.05) is 5.32 Å². The highest BCUT2D eigenvalue weighted by Crippen LogP contribution is 2.09. The van der Waals surface area contributed by atoms with Gasteiger partial charge in [-0.2, -0.15) is 5.10 Å². The maximum atomic E-state index is 5.20. The molecular weight excluding hydrogens is 278 g/mol. The summed E-state index contributed by atoms with van der Waals surface area (Å²) in [6.45, 7) is 6.19. The zero-order valence-corrected chi connectivity index (χ0v) is 13.3. The Morgan fingerprint density at radius 2 is 1.67 bits per heavy atom. The maximum absolute atomic E-state index is 5.20. The minimum absolute atomic E-state index is 0.472. The van der Waals surface area contributed by atoms with Crippen molar-refractivity contribution in [3.8, 4) is 0 Å². The van der Waals surface area contributed by atoms with Crippen molar-refractivity contribution >= 4 is 29.2 Å². The fourth-order valence-corrected chi connectivity index (χ4v) is 2.10. The van der Waals surface area contributed by atoms with Crippen molar-refractivity contribution in [1.29, 1.82) is 0 Å². The fourth-order valence-electron chi connectivity index (χ4n) is 1.93. The highest BCUT2D eigenvalue weighted by Gasteiger charge is 1.97. The highest BCUT2D eigenvalue weighted by molar-refractivity contribution is 7.80. The normalized spacial score (nSPS) is 10.6. The summed E-state index contributed by atoms with van der Waals surface area (Å²) in [4.78, 5) is 0. The van der Waals surface area contributed by atoms with Crippen LogP contribution < -0.4 is 10.7 Å². The standard InChI is InChI=1S/C17H19N3S/c1-12-5-8-16(9-6-12)19-17(21)20-18-11-15-7-4-13(2)10-14(15)3/h4-11H,1-3H3,(H2,19,20,21)/b18-11+. The Bertz CT molecular complexity index is 660. The minimum atomic E-state index is 0.472. The lowest BCUT2D eigenvalue weighted by Crippen LogP contribution is -2.23. The molecule has 0 atom stereocenters. The van der Waals surface area contributed by atoms with Gasteiger partial charge in [0.2, 0.25) is 0 Å². The Hall–Kier alpha value is -2.20. The largest absolute Gasteiger partial charge is 0.331 e. The van der Waals surface area contributed by atoms with Gasteiger partial charge < -0.3 is 5.32 Å². The van der Waals surface area contributed by atoms with Crippen molar-refractivity contribution in [1.82, 2.24) is 5.43 Å². The van der Waals surface area contributed by atoms with E-state index < -0.39 is 0 Å². The third-order valence-corrected chi connectivity index (χ3v) is 3.30. The summed E-state index contributed by atoms with van der Waals surface area (Å²) < 4.78 is 0. The van der Waals surface area contributed by atoms with E-state index in [-0.39, 0.29) is 0 Å². The molecule has 2 aromatic carbocycles. The van der Waals surface area contributed by atoms with Gasteiger partial charge in [0.25, 0.3) is 0 Å². The fraction of sp³-hybridized carbons (Fsp3) is 0.176. The molecule has 3 nitrogen and oxygen atoms in total. The van der Waals surface area contributed by atoms with E-state index >= 15 is 0 Å². The Kier molecular flexibility index (Phi) is 5.06. The smallest absolute Gasteiger partial charge is 0.191 e. The number of aryl methyl sites for hydroxylation is 3. The third-order valence-electron chi connectivity index (χ3n) is 3.10. The van der Waals surface area contributed by atoms with Gasteiger partial charge in [-0.05, 0) is 56.2 Å². The molecule has 0 bridgehead atoms. The SMILES string of the molecule is Cc1ccc(NC(=S)N/N=C/c2ccc(C)cc2C)cc1. The molecule has 0 radical (unpaired) electrons. The van der Waals surface area contributed by atoms with E-state index in [1.807, 2.05) is 30.3 Å². The van der Waals surface area contributed by atoms with Crippen molar-refractivity contribution < 1.29 is 0 Å². The Balaban J connectivity index is 1.91. The zero-order chi connectivity index (χ0) is 15.2. The number of hydrogen-bond donors (Lipinski definition) is 2. The molecule has 0 aliphatic carbocycles. The predicted molar refractivity (Wildman–Crippen MR) is 94.0 cm³/mol. The predicted octanol–water partition coefficient (Wildman–Crippen LogP) is 3.93. The molecule has 2 aromatic rings. The number of hydrazone groups is 1. The Morgan fingerprint density at radius 1 is 1.00 bits per heavy atom. The lowest BCUT2D eigenvalue weighted by molar-refractivity contribution is 1.05. The molecule has 0 unspecified atom stereocenters. The second-order valence-electron chi connectivity index (χ2n) is 5.05. The molecule has 0 heterocycles. The molecule has 0 fully saturated rings. The molecule has 0 aromatic heterocycles. The monoisotopic (exact) mass is 297 g/mol. The number of rotatable bonds is 3.